The third-order valence-electron chi connectivity index (χ3n) is 7.49. The van der Waals surface area contributed by atoms with E-state index in [0.717, 1.165) is 35.4 Å². The predicted octanol–water partition coefficient (Wildman–Crippen LogP) is 4.01. The molecule has 1 saturated carbocycles. The molecule has 1 aliphatic rings. The van der Waals surface area contributed by atoms with E-state index in [9.17, 15) is 14.4 Å². The van der Waals surface area contributed by atoms with E-state index in [4.69, 9.17) is 11.6 Å². The van der Waals surface area contributed by atoms with E-state index in [1.165, 1.54) is 21.5 Å². The van der Waals surface area contributed by atoms with Crippen LogP contribution < -0.4 is 16.2 Å². The number of aromatic nitrogens is 6. The Balaban J connectivity index is 1.25. The van der Waals surface area contributed by atoms with Crippen LogP contribution in [0.25, 0.3) is 22.5 Å². The fourth-order valence-electron chi connectivity index (χ4n) is 4.93. The van der Waals surface area contributed by atoms with Crippen molar-refractivity contribution in [2.24, 2.45) is 14.1 Å². The van der Waals surface area contributed by atoms with Gasteiger partial charge < -0.3 is 19.8 Å². The van der Waals surface area contributed by atoms with Crippen molar-refractivity contribution in [1.29, 1.82) is 0 Å². The number of carbonyl (C=O) groups excluding carboxylic acids is 2. The first-order valence-electron chi connectivity index (χ1n) is 13.8. The van der Waals surface area contributed by atoms with Crippen LogP contribution in [-0.2, 0) is 25.3 Å². The predicted molar refractivity (Wildman–Crippen MR) is 163 cm³/mol. The van der Waals surface area contributed by atoms with Crippen molar-refractivity contribution in [3.05, 3.63) is 106 Å². The minimum absolute atomic E-state index is 0.120. The highest BCUT2D eigenvalue weighted by Gasteiger charge is 2.27. The summed E-state index contributed by atoms with van der Waals surface area (Å²) in [5, 5.41) is 18.6. The highest BCUT2D eigenvalue weighted by molar-refractivity contribution is 6.31. The molecule has 0 aliphatic heterocycles. The molecule has 3 aromatic heterocycles. The number of nitrogens with one attached hydrogen (secondary N) is 2. The zero-order chi connectivity index (χ0) is 30.1. The Labute approximate surface area is 252 Å². The first-order chi connectivity index (χ1) is 20.8. The van der Waals surface area contributed by atoms with Gasteiger partial charge in [-0.05, 0) is 78.1 Å². The molecule has 1 fully saturated rings. The van der Waals surface area contributed by atoms with Crippen LogP contribution in [0.1, 0.15) is 34.9 Å². The monoisotopic (exact) mass is 596 g/mol. The molecule has 3 heterocycles. The Morgan fingerprint density at radius 2 is 1.74 bits per heavy atom. The number of hydrogen-bond donors (Lipinski definition) is 2. The van der Waals surface area contributed by atoms with Crippen LogP contribution in [0.5, 0.6) is 0 Å². The maximum Gasteiger partial charge on any atom is 0.270 e. The lowest BCUT2D eigenvalue weighted by Crippen LogP contribution is -2.45. The number of anilines is 1. The van der Waals surface area contributed by atoms with Gasteiger partial charge >= 0.3 is 0 Å². The quantitative estimate of drug-likeness (QED) is 0.265. The van der Waals surface area contributed by atoms with E-state index < -0.39 is 17.9 Å². The summed E-state index contributed by atoms with van der Waals surface area (Å²) in [6, 6.07) is 17.1. The molecule has 6 rings (SSSR count). The van der Waals surface area contributed by atoms with Crippen LogP contribution in [-0.4, -0.2) is 47.0 Å². The van der Waals surface area contributed by atoms with Gasteiger partial charge in [0.15, 0.2) is 5.82 Å². The molecule has 43 heavy (non-hydrogen) atoms. The summed E-state index contributed by atoms with van der Waals surface area (Å²) in [6.07, 6.45) is 7.35. The lowest BCUT2D eigenvalue weighted by atomic mass is 9.99. The van der Waals surface area contributed by atoms with Gasteiger partial charge in [0.1, 0.15) is 18.1 Å². The van der Waals surface area contributed by atoms with E-state index in [1.807, 2.05) is 24.3 Å². The Hall–Kier alpha value is -5.03. The van der Waals surface area contributed by atoms with Gasteiger partial charge in [-0.3, -0.25) is 19.1 Å². The molecule has 5 aromatic rings. The highest BCUT2D eigenvalue weighted by atomic mass is 35.5. The summed E-state index contributed by atoms with van der Waals surface area (Å²) in [4.78, 5) is 38.7. The molecule has 2 amide bonds. The number of rotatable bonds is 9. The second-order valence-corrected chi connectivity index (χ2v) is 11.0. The molecule has 0 saturated heterocycles. The van der Waals surface area contributed by atoms with Crippen molar-refractivity contribution in [3.8, 4) is 22.5 Å². The van der Waals surface area contributed by atoms with E-state index in [0.29, 0.717) is 28.0 Å². The topological polar surface area (TPSA) is 129 Å². The molecular weight excluding hydrogens is 568 g/mol. The summed E-state index contributed by atoms with van der Waals surface area (Å²) >= 11 is 6.59. The molecule has 2 aromatic carbocycles. The Kier molecular flexibility index (Phi) is 7.64. The van der Waals surface area contributed by atoms with E-state index in [2.05, 4.69) is 30.5 Å². The Morgan fingerprint density at radius 3 is 2.44 bits per heavy atom. The normalized spacial score (nSPS) is 13.5. The van der Waals surface area contributed by atoms with Gasteiger partial charge in [0.25, 0.3) is 5.91 Å². The Bertz CT molecular complexity index is 1870. The maximum atomic E-state index is 13.7. The number of aryl methyl sites for hydroxylation is 2. The van der Waals surface area contributed by atoms with Crippen LogP contribution in [0.15, 0.2) is 84.2 Å². The molecule has 0 spiro atoms. The van der Waals surface area contributed by atoms with Crippen molar-refractivity contribution in [2.75, 3.05) is 5.32 Å². The number of halogens is 1. The number of benzene rings is 2. The first-order valence-corrected chi connectivity index (χ1v) is 14.2. The van der Waals surface area contributed by atoms with Gasteiger partial charge in [-0.1, -0.05) is 17.7 Å². The van der Waals surface area contributed by atoms with Gasteiger partial charge in [0.05, 0.1) is 0 Å². The SMILES string of the molecule is Cn1nccc1C(=O)NC(Cc1cc(-c2ccc(=O)n(C)c2)ccc1Cl)C(=O)Nc1ccc(-c2nncn2C2CC2)cc1. The first kappa shape index (κ1) is 28.1. The third kappa shape index (κ3) is 6.12. The molecule has 1 aliphatic carbocycles. The second-order valence-electron chi connectivity index (χ2n) is 10.6. The van der Waals surface area contributed by atoms with Crippen molar-refractivity contribution in [3.63, 3.8) is 0 Å². The fraction of sp³-hybridized carbons (Fsp3) is 0.226. The van der Waals surface area contributed by atoms with Crippen molar-refractivity contribution in [2.45, 2.75) is 31.3 Å². The molecule has 12 heteroatoms. The van der Waals surface area contributed by atoms with Gasteiger partial charge in [0, 0.05) is 61.3 Å². The van der Waals surface area contributed by atoms with Crippen molar-refractivity contribution < 1.29 is 9.59 Å². The Morgan fingerprint density at radius 1 is 1.00 bits per heavy atom. The standard InChI is InChI=1S/C31H29ClN8O3/c1-38-17-21(6-12-28(38)41)20-5-11-25(32)22(15-20)16-26(36-31(43)27-13-14-34-39(27)2)30(42)35-23-7-3-19(4-8-23)29-37-33-18-40(29)24-9-10-24/h3-8,11-15,17-18,24,26H,9-10,16H2,1-2H3,(H,35,42)(H,36,43). The van der Waals surface area contributed by atoms with Crippen LogP contribution in [0.2, 0.25) is 5.02 Å². The van der Waals surface area contributed by atoms with Gasteiger partial charge in [0.2, 0.25) is 11.5 Å². The molecule has 0 bridgehead atoms. The molecule has 0 radical (unpaired) electrons. The van der Waals surface area contributed by atoms with E-state index >= 15 is 0 Å². The summed E-state index contributed by atoms with van der Waals surface area (Å²) in [6.45, 7) is 0. The van der Waals surface area contributed by atoms with Crippen LogP contribution in [0.3, 0.4) is 0 Å². The zero-order valence-electron chi connectivity index (χ0n) is 23.6. The average Bonchev–Trinajstić information content (AvgIpc) is 3.56. The van der Waals surface area contributed by atoms with E-state index in [1.54, 1.807) is 57.0 Å². The van der Waals surface area contributed by atoms with Gasteiger partial charge in [-0.2, -0.15) is 5.10 Å². The maximum absolute atomic E-state index is 13.7. The average molecular weight is 597 g/mol. The summed E-state index contributed by atoms with van der Waals surface area (Å²) in [5.41, 5.74) is 3.95. The molecular formula is C31H29ClN8O3. The summed E-state index contributed by atoms with van der Waals surface area (Å²) in [7, 11) is 3.34. The molecule has 1 unspecified atom stereocenters. The zero-order valence-corrected chi connectivity index (χ0v) is 24.3. The lowest BCUT2D eigenvalue weighted by molar-refractivity contribution is -0.118. The van der Waals surface area contributed by atoms with Crippen LogP contribution in [0.4, 0.5) is 5.69 Å². The smallest absolute Gasteiger partial charge is 0.270 e. The number of pyridine rings is 1. The number of nitrogens with zero attached hydrogens (tertiary/aromatic N) is 6. The van der Waals surface area contributed by atoms with Crippen LogP contribution in [0, 0.1) is 0 Å². The minimum Gasteiger partial charge on any atom is -0.339 e. The minimum atomic E-state index is -0.965. The third-order valence-corrected chi connectivity index (χ3v) is 7.86. The van der Waals surface area contributed by atoms with Crippen molar-refractivity contribution in [1.82, 2.24) is 34.4 Å². The molecule has 11 nitrogen and oxygen atoms in total. The van der Waals surface area contributed by atoms with Gasteiger partial charge in [-0.25, -0.2) is 0 Å². The van der Waals surface area contributed by atoms with Gasteiger partial charge in [-0.15, -0.1) is 10.2 Å². The van der Waals surface area contributed by atoms with Crippen molar-refractivity contribution >= 4 is 29.1 Å². The number of carbonyl (C=O) groups is 2. The molecule has 2 N–H and O–H groups in total. The molecule has 218 valence electrons. The summed E-state index contributed by atoms with van der Waals surface area (Å²) in [5.74, 6) is -0.0667. The lowest BCUT2D eigenvalue weighted by Gasteiger charge is -2.20. The van der Waals surface area contributed by atoms with Crippen LogP contribution >= 0.6 is 11.6 Å². The number of hydrogen-bond acceptors (Lipinski definition) is 6. The second kappa shape index (κ2) is 11.7. The number of amides is 2. The fourth-order valence-corrected chi connectivity index (χ4v) is 5.13. The van der Waals surface area contributed by atoms with E-state index in [-0.39, 0.29) is 12.0 Å². The molecule has 1 atom stereocenters. The highest BCUT2D eigenvalue weighted by Crippen LogP contribution is 2.37. The summed E-state index contributed by atoms with van der Waals surface area (Å²) < 4.78 is 5.01. The largest absolute Gasteiger partial charge is 0.339 e.